The second kappa shape index (κ2) is 10.7. The van der Waals surface area contributed by atoms with Crippen molar-refractivity contribution in [3.8, 4) is 0 Å². The average Bonchev–Trinajstić information content (AvgIpc) is 2.74. The Balaban J connectivity index is 2.22. The summed E-state index contributed by atoms with van der Waals surface area (Å²) in [6.07, 6.45) is 0.828. The summed E-state index contributed by atoms with van der Waals surface area (Å²) in [6.45, 7) is 10.0. The number of sulfonamides is 1. The number of likely N-dealkylation sites (N-methyl/N-ethyl adjacent to an activating group) is 1. The van der Waals surface area contributed by atoms with Gasteiger partial charge >= 0.3 is 0 Å². The van der Waals surface area contributed by atoms with Crippen molar-refractivity contribution >= 4 is 15.9 Å². The normalized spacial score (nSPS) is 12.7. The van der Waals surface area contributed by atoms with Crippen molar-refractivity contribution in [2.24, 2.45) is 0 Å². The van der Waals surface area contributed by atoms with Gasteiger partial charge in [-0.25, -0.2) is 13.1 Å². The first-order chi connectivity index (χ1) is 14.2. The Morgan fingerprint density at radius 3 is 2.27 bits per heavy atom. The molecule has 0 aromatic heterocycles. The number of carbonyl (C=O) groups excluding carboxylic acids is 1. The lowest BCUT2D eigenvalue weighted by atomic mass is 10.0. The number of nitrogens with zero attached hydrogens (tertiary/aromatic N) is 1. The van der Waals surface area contributed by atoms with Crippen LogP contribution in [0.15, 0.2) is 47.4 Å². The Bertz CT molecular complexity index is 955. The van der Waals surface area contributed by atoms with Gasteiger partial charge in [0.1, 0.15) is 0 Å². The molecule has 7 heteroatoms. The van der Waals surface area contributed by atoms with Gasteiger partial charge in [0.05, 0.1) is 4.90 Å². The van der Waals surface area contributed by atoms with Crippen LogP contribution in [0.25, 0.3) is 0 Å². The number of nitrogens with one attached hydrogen (secondary N) is 2. The third kappa shape index (κ3) is 5.90. The number of amides is 1. The molecule has 0 fully saturated rings. The van der Waals surface area contributed by atoms with Crippen LogP contribution in [0.4, 0.5) is 0 Å². The van der Waals surface area contributed by atoms with Gasteiger partial charge in [0.25, 0.3) is 5.91 Å². The highest BCUT2D eigenvalue weighted by molar-refractivity contribution is 7.89. The molecule has 1 amide bonds. The number of hydrogen-bond donors (Lipinski definition) is 2. The molecule has 0 saturated heterocycles. The van der Waals surface area contributed by atoms with E-state index in [1.165, 1.54) is 18.7 Å². The van der Waals surface area contributed by atoms with Crippen LogP contribution in [0, 0.1) is 13.8 Å². The van der Waals surface area contributed by atoms with Crippen LogP contribution in [0.2, 0.25) is 0 Å². The zero-order valence-corrected chi connectivity index (χ0v) is 19.3. The fourth-order valence-corrected chi connectivity index (χ4v) is 4.68. The average molecular weight is 432 g/mol. The fraction of sp³-hybridized carbons (Fsp3) is 0.435. The SMILES string of the molecule is CCN(CC)C(CNC(=O)c1cc(C)c(C)c(S(=O)(=O)NC)c1)Cc1ccccc1. The molecule has 2 N–H and O–H groups in total. The molecule has 0 aliphatic carbocycles. The molecular formula is C23H33N3O3S. The molecule has 0 saturated carbocycles. The molecule has 0 radical (unpaired) electrons. The molecule has 2 aromatic rings. The third-order valence-electron chi connectivity index (χ3n) is 5.58. The Morgan fingerprint density at radius 2 is 1.70 bits per heavy atom. The Hall–Kier alpha value is -2.22. The monoisotopic (exact) mass is 431 g/mol. The summed E-state index contributed by atoms with van der Waals surface area (Å²) < 4.78 is 27.0. The van der Waals surface area contributed by atoms with Gasteiger partial charge < -0.3 is 5.32 Å². The van der Waals surface area contributed by atoms with E-state index in [9.17, 15) is 13.2 Å². The predicted molar refractivity (Wildman–Crippen MR) is 121 cm³/mol. The maximum absolute atomic E-state index is 12.9. The van der Waals surface area contributed by atoms with Crippen LogP contribution in [0.1, 0.15) is 40.9 Å². The second-order valence-corrected chi connectivity index (χ2v) is 9.25. The lowest BCUT2D eigenvalue weighted by Gasteiger charge is -2.30. The van der Waals surface area contributed by atoms with E-state index < -0.39 is 10.0 Å². The van der Waals surface area contributed by atoms with Gasteiger partial charge in [-0.15, -0.1) is 0 Å². The maximum Gasteiger partial charge on any atom is 0.251 e. The van der Waals surface area contributed by atoms with E-state index in [1.54, 1.807) is 13.0 Å². The maximum atomic E-state index is 12.9. The molecular weight excluding hydrogens is 398 g/mol. The Labute approximate surface area is 180 Å². The first-order valence-corrected chi connectivity index (χ1v) is 11.8. The number of benzene rings is 2. The summed E-state index contributed by atoms with van der Waals surface area (Å²) in [5.74, 6) is -0.268. The summed E-state index contributed by atoms with van der Waals surface area (Å²) >= 11 is 0. The Morgan fingerprint density at radius 1 is 1.07 bits per heavy atom. The van der Waals surface area contributed by atoms with Gasteiger partial charge in [0.2, 0.25) is 10.0 Å². The van der Waals surface area contributed by atoms with Gasteiger partial charge in [-0.05, 0) is 69.2 Å². The molecule has 0 spiro atoms. The van der Waals surface area contributed by atoms with E-state index >= 15 is 0 Å². The minimum absolute atomic E-state index is 0.139. The first kappa shape index (κ1) is 24.1. The molecule has 6 nitrogen and oxygen atoms in total. The summed E-state index contributed by atoms with van der Waals surface area (Å²) in [5, 5.41) is 3.02. The van der Waals surface area contributed by atoms with E-state index in [1.807, 2.05) is 25.1 Å². The first-order valence-electron chi connectivity index (χ1n) is 10.3. The highest BCUT2D eigenvalue weighted by Crippen LogP contribution is 2.21. The summed E-state index contributed by atoms with van der Waals surface area (Å²) in [7, 11) is -2.27. The van der Waals surface area contributed by atoms with Crippen LogP contribution in [0.3, 0.4) is 0 Å². The molecule has 1 unspecified atom stereocenters. The highest BCUT2D eigenvalue weighted by atomic mass is 32.2. The second-order valence-electron chi connectivity index (χ2n) is 7.40. The smallest absolute Gasteiger partial charge is 0.251 e. The molecule has 2 rings (SSSR count). The summed E-state index contributed by atoms with van der Waals surface area (Å²) in [5.41, 5.74) is 2.98. The lowest BCUT2D eigenvalue weighted by molar-refractivity contribution is 0.0934. The van der Waals surface area contributed by atoms with Crippen LogP contribution in [-0.4, -0.2) is 51.9 Å². The van der Waals surface area contributed by atoms with Crippen LogP contribution >= 0.6 is 0 Å². The van der Waals surface area contributed by atoms with Crippen molar-refractivity contribution in [2.45, 2.75) is 45.1 Å². The van der Waals surface area contributed by atoms with Crippen LogP contribution in [0.5, 0.6) is 0 Å². The van der Waals surface area contributed by atoms with Gasteiger partial charge in [0.15, 0.2) is 0 Å². The zero-order valence-electron chi connectivity index (χ0n) is 18.5. The van der Waals surface area contributed by atoms with Crippen molar-refractivity contribution < 1.29 is 13.2 Å². The van der Waals surface area contributed by atoms with Gasteiger partial charge in [-0.3, -0.25) is 9.69 Å². The van der Waals surface area contributed by atoms with E-state index in [2.05, 4.69) is 40.9 Å². The minimum atomic E-state index is -3.64. The lowest BCUT2D eigenvalue weighted by Crippen LogP contribution is -2.45. The topological polar surface area (TPSA) is 78.5 Å². The summed E-state index contributed by atoms with van der Waals surface area (Å²) in [4.78, 5) is 15.3. The molecule has 164 valence electrons. The number of hydrogen-bond acceptors (Lipinski definition) is 4. The van der Waals surface area contributed by atoms with E-state index in [0.717, 1.165) is 25.1 Å². The third-order valence-corrected chi connectivity index (χ3v) is 7.12. The molecule has 0 aliphatic heterocycles. The Kier molecular flexibility index (Phi) is 8.58. The number of carbonyl (C=O) groups is 1. The van der Waals surface area contributed by atoms with Crippen LogP contribution < -0.4 is 10.0 Å². The fourth-order valence-electron chi connectivity index (χ4n) is 3.62. The predicted octanol–water partition coefficient (Wildman–Crippen LogP) is 2.89. The van der Waals surface area contributed by atoms with Crippen molar-refractivity contribution in [3.05, 3.63) is 64.7 Å². The van der Waals surface area contributed by atoms with Crippen molar-refractivity contribution in [3.63, 3.8) is 0 Å². The molecule has 0 bridgehead atoms. The number of rotatable bonds is 10. The van der Waals surface area contributed by atoms with Gasteiger partial charge in [-0.1, -0.05) is 44.2 Å². The van der Waals surface area contributed by atoms with Gasteiger partial charge in [0, 0.05) is 18.2 Å². The molecule has 1 atom stereocenters. The van der Waals surface area contributed by atoms with Gasteiger partial charge in [-0.2, -0.15) is 0 Å². The quantitative estimate of drug-likeness (QED) is 0.606. The molecule has 0 aliphatic rings. The van der Waals surface area contributed by atoms with Crippen molar-refractivity contribution in [1.82, 2.24) is 14.9 Å². The van der Waals surface area contributed by atoms with Crippen LogP contribution in [-0.2, 0) is 16.4 Å². The largest absolute Gasteiger partial charge is 0.350 e. The standard InChI is InChI=1S/C23H33N3O3S/c1-6-26(7-2)21(14-19-11-9-8-10-12-19)16-25-23(27)20-13-17(3)18(4)22(15-20)30(28,29)24-5/h8-13,15,21,24H,6-7,14,16H2,1-5H3,(H,25,27). The minimum Gasteiger partial charge on any atom is -0.350 e. The molecule has 0 heterocycles. The molecule has 2 aromatic carbocycles. The van der Waals surface area contributed by atoms with Crippen molar-refractivity contribution in [2.75, 3.05) is 26.7 Å². The van der Waals surface area contributed by atoms with E-state index in [4.69, 9.17) is 0 Å². The van der Waals surface area contributed by atoms with E-state index in [-0.39, 0.29) is 16.8 Å². The van der Waals surface area contributed by atoms with Crippen molar-refractivity contribution in [1.29, 1.82) is 0 Å². The summed E-state index contributed by atoms with van der Waals surface area (Å²) in [6, 6.07) is 13.6. The molecule has 30 heavy (non-hydrogen) atoms. The highest BCUT2D eigenvalue weighted by Gasteiger charge is 2.21. The number of aryl methyl sites for hydroxylation is 1. The van der Waals surface area contributed by atoms with E-state index in [0.29, 0.717) is 17.7 Å². The zero-order chi connectivity index (χ0) is 22.3.